The molecule has 0 unspecified atom stereocenters. The number of hydrogen-bond acceptors (Lipinski definition) is 3. The summed E-state index contributed by atoms with van der Waals surface area (Å²) in [6.07, 6.45) is 0. The first-order valence-corrected chi connectivity index (χ1v) is 4.19. The van der Waals surface area contributed by atoms with Crippen molar-refractivity contribution in [3.63, 3.8) is 0 Å². The quantitative estimate of drug-likeness (QED) is 0.715. The van der Waals surface area contributed by atoms with E-state index in [-0.39, 0.29) is 6.79 Å². The summed E-state index contributed by atoms with van der Waals surface area (Å²) in [7, 11) is 1.59. The highest BCUT2D eigenvalue weighted by Crippen LogP contribution is 2.19. The highest BCUT2D eigenvalue weighted by Gasteiger charge is 2.01. The number of aryl methyl sites for hydroxylation is 1. The summed E-state index contributed by atoms with van der Waals surface area (Å²) in [6, 6.07) is 5.92. The summed E-state index contributed by atoms with van der Waals surface area (Å²) in [5.74, 6) is 0.801. The van der Waals surface area contributed by atoms with Gasteiger partial charge in [0.25, 0.3) is 0 Å². The fourth-order valence-electron chi connectivity index (χ4n) is 1.13. The first kappa shape index (κ1) is 10.0. The van der Waals surface area contributed by atoms with Gasteiger partial charge in [0.1, 0.15) is 5.75 Å². The van der Waals surface area contributed by atoms with Crippen LogP contribution in [0.4, 0.5) is 0 Å². The maximum Gasteiger partial charge on any atom is 0.188 e. The second-order valence-corrected chi connectivity index (χ2v) is 2.87. The Morgan fingerprint density at radius 2 is 2.15 bits per heavy atom. The molecule has 0 aliphatic carbocycles. The normalized spacial score (nSPS) is 10.1. The van der Waals surface area contributed by atoms with Gasteiger partial charge in [-0.1, -0.05) is 17.7 Å². The Hall–Kier alpha value is -1.06. The zero-order valence-corrected chi connectivity index (χ0v) is 8.04. The Morgan fingerprint density at radius 3 is 2.77 bits per heavy atom. The summed E-state index contributed by atoms with van der Waals surface area (Å²) in [6.45, 7) is 2.77. The van der Waals surface area contributed by atoms with Gasteiger partial charge < -0.3 is 15.2 Å². The summed E-state index contributed by atoms with van der Waals surface area (Å²) < 4.78 is 10.1. The van der Waals surface area contributed by atoms with E-state index >= 15 is 0 Å². The highest BCUT2D eigenvalue weighted by molar-refractivity contribution is 5.36. The van der Waals surface area contributed by atoms with Crippen LogP contribution in [0, 0.1) is 6.92 Å². The molecular weight excluding hydrogens is 166 g/mol. The molecule has 0 radical (unpaired) electrons. The van der Waals surface area contributed by atoms with E-state index in [4.69, 9.17) is 15.2 Å². The van der Waals surface area contributed by atoms with Gasteiger partial charge >= 0.3 is 0 Å². The molecule has 0 aliphatic heterocycles. The number of methoxy groups -OCH3 is 1. The Balaban J connectivity index is 2.79. The Bertz CT molecular complexity index is 274. The van der Waals surface area contributed by atoms with Crippen LogP contribution in [-0.2, 0) is 11.3 Å². The molecule has 0 aromatic heterocycles. The van der Waals surface area contributed by atoms with E-state index in [0.29, 0.717) is 6.54 Å². The maximum atomic E-state index is 5.57. The third kappa shape index (κ3) is 2.72. The Kier molecular flexibility index (Phi) is 3.73. The molecule has 0 amide bonds. The fraction of sp³-hybridized carbons (Fsp3) is 0.400. The predicted molar refractivity (Wildman–Crippen MR) is 51.6 cm³/mol. The molecule has 0 heterocycles. The predicted octanol–water partition coefficient (Wildman–Crippen LogP) is 1.44. The van der Waals surface area contributed by atoms with Gasteiger partial charge in [-0.25, -0.2) is 0 Å². The second kappa shape index (κ2) is 4.84. The summed E-state index contributed by atoms with van der Waals surface area (Å²) >= 11 is 0. The molecule has 1 aromatic carbocycles. The smallest absolute Gasteiger partial charge is 0.188 e. The fourth-order valence-corrected chi connectivity index (χ4v) is 1.13. The van der Waals surface area contributed by atoms with Crippen molar-refractivity contribution in [1.82, 2.24) is 0 Å². The first-order chi connectivity index (χ1) is 6.27. The van der Waals surface area contributed by atoms with Crippen LogP contribution in [0.5, 0.6) is 5.75 Å². The van der Waals surface area contributed by atoms with E-state index in [1.807, 2.05) is 25.1 Å². The van der Waals surface area contributed by atoms with Gasteiger partial charge in [-0.2, -0.15) is 0 Å². The molecule has 1 rings (SSSR count). The molecule has 13 heavy (non-hydrogen) atoms. The number of nitrogens with two attached hydrogens (primary N) is 1. The second-order valence-electron chi connectivity index (χ2n) is 2.87. The van der Waals surface area contributed by atoms with Crippen molar-refractivity contribution >= 4 is 0 Å². The third-order valence-electron chi connectivity index (χ3n) is 1.77. The summed E-state index contributed by atoms with van der Waals surface area (Å²) in [5.41, 5.74) is 7.77. The minimum atomic E-state index is 0.260. The Labute approximate surface area is 78.5 Å². The number of ether oxygens (including phenoxy) is 2. The van der Waals surface area contributed by atoms with Crippen LogP contribution < -0.4 is 10.5 Å². The minimum Gasteiger partial charge on any atom is -0.467 e. The summed E-state index contributed by atoms with van der Waals surface area (Å²) in [5, 5.41) is 0. The number of hydrogen-bond donors (Lipinski definition) is 1. The molecule has 0 saturated heterocycles. The largest absolute Gasteiger partial charge is 0.467 e. The van der Waals surface area contributed by atoms with Crippen molar-refractivity contribution in [2.45, 2.75) is 13.5 Å². The average molecular weight is 181 g/mol. The van der Waals surface area contributed by atoms with Gasteiger partial charge in [0.05, 0.1) is 0 Å². The molecule has 0 atom stereocenters. The van der Waals surface area contributed by atoms with Crippen LogP contribution in [0.3, 0.4) is 0 Å². The molecule has 2 N–H and O–H groups in total. The van der Waals surface area contributed by atoms with Crippen LogP contribution in [-0.4, -0.2) is 13.9 Å². The van der Waals surface area contributed by atoms with Gasteiger partial charge in [-0.05, 0) is 13.0 Å². The molecular formula is C10H15NO2. The van der Waals surface area contributed by atoms with Gasteiger partial charge in [-0.3, -0.25) is 0 Å². The maximum absolute atomic E-state index is 5.57. The molecule has 3 heteroatoms. The minimum absolute atomic E-state index is 0.260. The van der Waals surface area contributed by atoms with Crippen LogP contribution in [0.2, 0.25) is 0 Å². The molecule has 0 saturated carbocycles. The van der Waals surface area contributed by atoms with Crippen LogP contribution in [0.25, 0.3) is 0 Å². The zero-order chi connectivity index (χ0) is 9.68. The molecule has 3 nitrogen and oxygen atoms in total. The van der Waals surface area contributed by atoms with E-state index in [0.717, 1.165) is 11.3 Å². The standard InChI is InChI=1S/C10H15NO2/c1-8-3-4-10(13-7-12-2)9(5-8)6-11/h3-5H,6-7,11H2,1-2H3. The van der Waals surface area contributed by atoms with Crippen molar-refractivity contribution in [2.24, 2.45) is 5.73 Å². The topological polar surface area (TPSA) is 44.5 Å². The van der Waals surface area contributed by atoms with Gasteiger partial charge in [0.2, 0.25) is 0 Å². The lowest BCUT2D eigenvalue weighted by atomic mass is 10.1. The molecule has 0 spiro atoms. The van der Waals surface area contributed by atoms with Crippen molar-refractivity contribution < 1.29 is 9.47 Å². The van der Waals surface area contributed by atoms with E-state index in [2.05, 4.69) is 0 Å². The van der Waals surface area contributed by atoms with Crippen LogP contribution >= 0.6 is 0 Å². The van der Waals surface area contributed by atoms with Gasteiger partial charge in [-0.15, -0.1) is 0 Å². The Morgan fingerprint density at radius 1 is 1.38 bits per heavy atom. The van der Waals surface area contributed by atoms with Crippen LogP contribution in [0.1, 0.15) is 11.1 Å². The monoisotopic (exact) mass is 181 g/mol. The number of benzene rings is 1. The number of rotatable bonds is 4. The lowest BCUT2D eigenvalue weighted by Gasteiger charge is -2.09. The third-order valence-corrected chi connectivity index (χ3v) is 1.77. The van der Waals surface area contributed by atoms with E-state index in [9.17, 15) is 0 Å². The van der Waals surface area contributed by atoms with Gasteiger partial charge in [0.15, 0.2) is 6.79 Å². The summed E-state index contributed by atoms with van der Waals surface area (Å²) in [4.78, 5) is 0. The van der Waals surface area contributed by atoms with Crippen molar-refractivity contribution in [3.8, 4) is 5.75 Å². The molecule has 0 bridgehead atoms. The zero-order valence-electron chi connectivity index (χ0n) is 8.04. The molecule has 1 aromatic rings. The van der Waals surface area contributed by atoms with E-state index < -0.39 is 0 Å². The van der Waals surface area contributed by atoms with Crippen molar-refractivity contribution in [1.29, 1.82) is 0 Å². The lowest BCUT2D eigenvalue weighted by molar-refractivity contribution is 0.0504. The highest BCUT2D eigenvalue weighted by atomic mass is 16.7. The van der Waals surface area contributed by atoms with Crippen molar-refractivity contribution in [2.75, 3.05) is 13.9 Å². The van der Waals surface area contributed by atoms with Crippen molar-refractivity contribution in [3.05, 3.63) is 29.3 Å². The molecule has 0 fully saturated rings. The molecule has 0 aliphatic rings. The SMILES string of the molecule is COCOc1ccc(C)cc1CN. The lowest BCUT2D eigenvalue weighted by Crippen LogP contribution is -2.04. The van der Waals surface area contributed by atoms with E-state index in [1.165, 1.54) is 5.56 Å². The van der Waals surface area contributed by atoms with E-state index in [1.54, 1.807) is 7.11 Å². The van der Waals surface area contributed by atoms with Crippen LogP contribution in [0.15, 0.2) is 18.2 Å². The average Bonchev–Trinajstić information content (AvgIpc) is 2.16. The molecule has 72 valence electrons. The first-order valence-electron chi connectivity index (χ1n) is 4.19. The van der Waals surface area contributed by atoms with Gasteiger partial charge in [0, 0.05) is 19.2 Å².